The minimum Gasteiger partial charge on any atom is -0.507 e. The van der Waals surface area contributed by atoms with E-state index in [9.17, 15) is 19.8 Å². The van der Waals surface area contributed by atoms with E-state index in [0.717, 1.165) is 11.1 Å². The van der Waals surface area contributed by atoms with Crippen molar-refractivity contribution < 1.29 is 29.3 Å². The Morgan fingerprint density at radius 2 is 1.59 bits per heavy atom. The number of anilines is 1. The van der Waals surface area contributed by atoms with E-state index in [1.807, 2.05) is 37.3 Å². The van der Waals surface area contributed by atoms with Crippen molar-refractivity contribution in [2.75, 3.05) is 12.0 Å². The number of rotatable bonds is 7. The van der Waals surface area contributed by atoms with Gasteiger partial charge in [0.15, 0.2) is 0 Å². The van der Waals surface area contributed by atoms with Crippen molar-refractivity contribution in [3.63, 3.8) is 0 Å². The van der Waals surface area contributed by atoms with E-state index in [2.05, 4.69) is 0 Å². The molecule has 7 nitrogen and oxygen atoms in total. The summed E-state index contributed by atoms with van der Waals surface area (Å²) in [6.45, 7) is 2.23. The quantitative estimate of drug-likeness (QED) is 0.178. The number of hydrogen-bond donors (Lipinski definition) is 2. The van der Waals surface area contributed by atoms with Crippen molar-refractivity contribution in [2.45, 2.75) is 19.6 Å². The van der Waals surface area contributed by atoms with Crippen LogP contribution in [0.25, 0.3) is 5.76 Å². The number of aryl methyl sites for hydroxylation is 1. The van der Waals surface area contributed by atoms with Crippen molar-refractivity contribution in [3.8, 4) is 17.2 Å². The molecule has 1 fully saturated rings. The first-order valence-corrected chi connectivity index (χ1v) is 12.4. The summed E-state index contributed by atoms with van der Waals surface area (Å²) in [6.07, 6.45) is 0. The summed E-state index contributed by atoms with van der Waals surface area (Å²) in [6, 6.07) is 27.0. The Labute approximate surface area is 226 Å². The molecule has 1 heterocycles. The Hall–Kier alpha value is -5.04. The van der Waals surface area contributed by atoms with Gasteiger partial charge in [-0.3, -0.25) is 14.5 Å². The van der Waals surface area contributed by atoms with E-state index in [4.69, 9.17) is 9.47 Å². The van der Waals surface area contributed by atoms with E-state index in [1.165, 1.54) is 11.0 Å². The number of benzene rings is 4. The normalized spacial score (nSPS) is 16.4. The van der Waals surface area contributed by atoms with Crippen molar-refractivity contribution in [1.29, 1.82) is 0 Å². The van der Waals surface area contributed by atoms with Crippen LogP contribution in [0.4, 0.5) is 5.69 Å². The molecule has 0 aliphatic carbocycles. The fraction of sp³-hybridized carbons (Fsp3) is 0.125. The minimum atomic E-state index is -0.974. The zero-order chi connectivity index (χ0) is 27.5. The van der Waals surface area contributed by atoms with Crippen LogP contribution in [0, 0.1) is 6.92 Å². The summed E-state index contributed by atoms with van der Waals surface area (Å²) in [5.41, 5.74) is 2.80. The van der Waals surface area contributed by atoms with Crippen molar-refractivity contribution in [2.24, 2.45) is 0 Å². The molecule has 2 N–H and O–H groups in total. The number of ether oxygens (including phenoxy) is 2. The number of carbonyl (C=O) groups excluding carboxylic acids is 2. The molecule has 0 spiro atoms. The molecule has 1 aliphatic heterocycles. The van der Waals surface area contributed by atoms with Gasteiger partial charge >= 0.3 is 0 Å². The first kappa shape index (κ1) is 25.6. The fourth-order valence-electron chi connectivity index (χ4n) is 4.70. The molecule has 0 saturated carbocycles. The van der Waals surface area contributed by atoms with Gasteiger partial charge in [0.05, 0.1) is 24.4 Å². The Balaban J connectivity index is 1.57. The maximum atomic E-state index is 13.4. The molecule has 0 aromatic heterocycles. The number of ketones is 1. The highest BCUT2D eigenvalue weighted by molar-refractivity contribution is 6.51. The number of Topliss-reactive ketones (excluding diaryl/α,β-unsaturated/α-hetero) is 1. The molecule has 7 heteroatoms. The van der Waals surface area contributed by atoms with Gasteiger partial charge in [-0.2, -0.15) is 0 Å². The number of carbonyl (C=O) groups is 2. The second-order valence-electron chi connectivity index (χ2n) is 9.19. The van der Waals surface area contributed by atoms with Crippen LogP contribution in [-0.2, 0) is 16.2 Å². The maximum Gasteiger partial charge on any atom is 0.300 e. The predicted octanol–water partition coefficient (Wildman–Crippen LogP) is 5.91. The van der Waals surface area contributed by atoms with Crippen LogP contribution in [0.15, 0.2) is 103 Å². The lowest BCUT2D eigenvalue weighted by molar-refractivity contribution is -0.132. The Morgan fingerprint density at radius 3 is 2.26 bits per heavy atom. The monoisotopic (exact) mass is 521 g/mol. The largest absolute Gasteiger partial charge is 0.507 e. The topological polar surface area (TPSA) is 96.3 Å². The number of nitrogens with zero attached hydrogens (tertiary/aromatic N) is 1. The summed E-state index contributed by atoms with van der Waals surface area (Å²) < 4.78 is 11.2. The van der Waals surface area contributed by atoms with E-state index >= 15 is 0 Å². The Morgan fingerprint density at radius 1 is 0.897 bits per heavy atom. The van der Waals surface area contributed by atoms with Gasteiger partial charge in [-0.1, -0.05) is 54.6 Å². The highest BCUT2D eigenvalue weighted by Gasteiger charge is 2.47. The van der Waals surface area contributed by atoms with Crippen LogP contribution in [0.5, 0.6) is 17.2 Å². The van der Waals surface area contributed by atoms with Gasteiger partial charge < -0.3 is 19.7 Å². The maximum absolute atomic E-state index is 13.4. The number of phenolic OH excluding ortho intramolecular Hbond substituents is 1. The van der Waals surface area contributed by atoms with Gasteiger partial charge in [0.2, 0.25) is 0 Å². The molecular formula is C32H27NO6. The summed E-state index contributed by atoms with van der Waals surface area (Å²) in [5, 5.41) is 22.0. The van der Waals surface area contributed by atoms with Crippen LogP contribution >= 0.6 is 0 Å². The number of amides is 1. The summed E-state index contributed by atoms with van der Waals surface area (Å²) >= 11 is 0. The lowest BCUT2D eigenvalue weighted by Gasteiger charge is -2.26. The molecule has 4 aromatic carbocycles. The van der Waals surface area contributed by atoms with E-state index in [-0.39, 0.29) is 22.8 Å². The summed E-state index contributed by atoms with van der Waals surface area (Å²) in [4.78, 5) is 27.9. The number of methoxy groups -OCH3 is 1. The van der Waals surface area contributed by atoms with Gasteiger partial charge in [-0.25, -0.2) is 0 Å². The second-order valence-corrected chi connectivity index (χ2v) is 9.19. The molecule has 196 valence electrons. The van der Waals surface area contributed by atoms with Crippen molar-refractivity contribution >= 4 is 23.1 Å². The Bertz CT molecular complexity index is 1560. The van der Waals surface area contributed by atoms with Crippen LogP contribution in [0.3, 0.4) is 0 Å². The average molecular weight is 522 g/mol. The number of aliphatic hydroxyl groups excluding tert-OH is 1. The minimum absolute atomic E-state index is 0.0780. The highest BCUT2D eigenvalue weighted by atomic mass is 16.5. The molecule has 1 aliphatic rings. The van der Waals surface area contributed by atoms with E-state index in [1.54, 1.807) is 67.8 Å². The molecule has 1 saturated heterocycles. The third-order valence-electron chi connectivity index (χ3n) is 6.70. The molecule has 1 unspecified atom stereocenters. The standard InChI is InChI=1S/C32H27NO6/c1-20-18-23(14-17-27(20)39-19-21-8-4-3-5-9-21)30(35)28-29(22-12-15-24(38-2)16-13-22)33(32(37)31(28)36)25-10-6-7-11-26(25)34/h3-18,29,34-35H,19H2,1-2H3/b30-28-. The summed E-state index contributed by atoms with van der Waals surface area (Å²) in [5.74, 6) is -0.938. The van der Waals surface area contributed by atoms with Gasteiger partial charge in [0.1, 0.15) is 29.6 Å². The predicted molar refractivity (Wildman–Crippen MR) is 148 cm³/mol. The van der Waals surface area contributed by atoms with Crippen LogP contribution in [-0.4, -0.2) is 29.0 Å². The van der Waals surface area contributed by atoms with Crippen molar-refractivity contribution in [1.82, 2.24) is 0 Å². The smallest absolute Gasteiger partial charge is 0.300 e. The van der Waals surface area contributed by atoms with E-state index < -0.39 is 17.7 Å². The zero-order valence-corrected chi connectivity index (χ0v) is 21.5. The van der Waals surface area contributed by atoms with Gasteiger partial charge in [0.25, 0.3) is 11.7 Å². The first-order chi connectivity index (χ1) is 18.9. The van der Waals surface area contributed by atoms with Gasteiger partial charge in [-0.05, 0) is 66.1 Å². The van der Waals surface area contributed by atoms with E-state index in [0.29, 0.717) is 29.2 Å². The zero-order valence-electron chi connectivity index (χ0n) is 21.5. The molecular weight excluding hydrogens is 494 g/mol. The second kappa shape index (κ2) is 10.8. The molecule has 0 bridgehead atoms. The van der Waals surface area contributed by atoms with Gasteiger partial charge in [-0.15, -0.1) is 0 Å². The lowest BCUT2D eigenvalue weighted by atomic mass is 9.94. The van der Waals surface area contributed by atoms with Crippen molar-refractivity contribution in [3.05, 3.63) is 125 Å². The molecule has 5 rings (SSSR count). The highest BCUT2D eigenvalue weighted by Crippen LogP contribution is 2.45. The first-order valence-electron chi connectivity index (χ1n) is 12.4. The van der Waals surface area contributed by atoms with Crippen LogP contribution < -0.4 is 14.4 Å². The molecule has 39 heavy (non-hydrogen) atoms. The molecule has 0 radical (unpaired) electrons. The average Bonchev–Trinajstić information content (AvgIpc) is 3.22. The lowest BCUT2D eigenvalue weighted by Crippen LogP contribution is -2.29. The third-order valence-corrected chi connectivity index (χ3v) is 6.70. The molecule has 1 amide bonds. The van der Waals surface area contributed by atoms with Crippen LogP contribution in [0.1, 0.15) is 28.3 Å². The number of aliphatic hydroxyl groups is 1. The van der Waals surface area contributed by atoms with Gasteiger partial charge in [0, 0.05) is 5.56 Å². The number of phenols is 1. The number of para-hydroxylation sites is 2. The van der Waals surface area contributed by atoms with Crippen LogP contribution in [0.2, 0.25) is 0 Å². The third kappa shape index (κ3) is 4.94. The number of hydrogen-bond acceptors (Lipinski definition) is 6. The summed E-state index contributed by atoms with van der Waals surface area (Å²) in [7, 11) is 1.54. The number of aromatic hydroxyl groups is 1. The molecule has 1 atom stereocenters. The fourth-order valence-corrected chi connectivity index (χ4v) is 4.70. The Kier molecular flexibility index (Phi) is 7.06. The SMILES string of the molecule is COc1ccc(C2/C(=C(/O)c3ccc(OCc4ccccc4)c(C)c3)C(=O)C(=O)N2c2ccccc2O)cc1. The molecule has 4 aromatic rings.